The molecule has 0 aliphatic rings. The SMILES string of the molecule is CCCc1cc(=S)n(-c2ccccc2)[nH]1. The van der Waals surface area contributed by atoms with Crippen molar-refractivity contribution >= 4 is 12.2 Å². The minimum absolute atomic E-state index is 0.838. The van der Waals surface area contributed by atoms with E-state index in [2.05, 4.69) is 12.0 Å². The summed E-state index contributed by atoms with van der Waals surface area (Å²) in [5.74, 6) is 0. The van der Waals surface area contributed by atoms with Gasteiger partial charge < -0.3 is 0 Å². The van der Waals surface area contributed by atoms with E-state index in [1.807, 2.05) is 41.1 Å². The van der Waals surface area contributed by atoms with E-state index in [9.17, 15) is 0 Å². The zero-order chi connectivity index (χ0) is 10.7. The van der Waals surface area contributed by atoms with Gasteiger partial charge in [-0.1, -0.05) is 43.8 Å². The van der Waals surface area contributed by atoms with E-state index in [4.69, 9.17) is 12.2 Å². The van der Waals surface area contributed by atoms with E-state index >= 15 is 0 Å². The molecule has 0 aliphatic carbocycles. The van der Waals surface area contributed by atoms with E-state index in [0.717, 1.165) is 23.2 Å². The molecular weight excluding hydrogens is 204 g/mol. The van der Waals surface area contributed by atoms with Crippen LogP contribution >= 0.6 is 12.2 Å². The van der Waals surface area contributed by atoms with Crippen LogP contribution in [0, 0.1) is 4.64 Å². The second-order valence-electron chi connectivity index (χ2n) is 3.54. The second kappa shape index (κ2) is 4.45. The normalized spacial score (nSPS) is 10.5. The largest absolute Gasteiger partial charge is 0.297 e. The van der Waals surface area contributed by atoms with E-state index in [-0.39, 0.29) is 0 Å². The van der Waals surface area contributed by atoms with Crippen molar-refractivity contribution in [3.8, 4) is 5.69 Å². The average molecular weight is 218 g/mol. The first-order valence-corrected chi connectivity index (χ1v) is 5.58. The van der Waals surface area contributed by atoms with Gasteiger partial charge in [0.15, 0.2) is 0 Å². The van der Waals surface area contributed by atoms with Crippen LogP contribution in [-0.4, -0.2) is 9.78 Å². The molecule has 0 fully saturated rings. The zero-order valence-corrected chi connectivity index (χ0v) is 9.55. The maximum atomic E-state index is 5.30. The molecule has 0 radical (unpaired) electrons. The number of aryl methyl sites for hydroxylation is 1. The summed E-state index contributed by atoms with van der Waals surface area (Å²) in [6.45, 7) is 2.16. The molecule has 1 heterocycles. The number of aromatic amines is 1. The number of nitrogens with one attached hydrogen (secondary N) is 1. The Hall–Kier alpha value is -1.35. The number of nitrogens with zero attached hydrogens (tertiary/aromatic N) is 1. The third-order valence-corrected chi connectivity index (χ3v) is 2.61. The summed E-state index contributed by atoms with van der Waals surface area (Å²) < 4.78 is 2.78. The number of rotatable bonds is 3. The van der Waals surface area contributed by atoms with Crippen LogP contribution in [0.2, 0.25) is 0 Å². The fourth-order valence-corrected chi connectivity index (χ4v) is 1.90. The van der Waals surface area contributed by atoms with E-state index in [0.29, 0.717) is 0 Å². The maximum Gasteiger partial charge on any atom is 0.127 e. The molecule has 0 aliphatic heterocycles. The van der Waals surface area contributed by atoms with Crippen LogP contribution in [0.3, 0.4) is 0 Å². The van der Waals surface area contributed by atoms with Gasteiger partial charge in [-0.05, 0) is 24.6 Å². The number of aromatic nitrogens is 2. The van der Waals surface area contributed by atoms with E-state index < -0.39 is 0 Å². The van der Waals surface area contributed by atoms with E-state index in [1.165, 1.54) is 5.69 Å². The van der Waals surface area contributed by atoms with Gasteiger partial charge >= 0.3 is 0 Å². The molecule has 78 valence electrons. The Morgan fingerprint density at radius 1 is 1.27 bits per heavy atom. The van der Waals surface area contributed by atoms with Gasteiger partial charge in [-0.2, -0.15) is 0 Å². The summed E-state index contributed by atoms with van der Waals surface area (Å²) in [6, 6.07) is 12.1. The average Bonchev–Trinajstić information content (AvgIpc) is 2.61. The molecular formula is C12H14N2S. The fraction of sp³-hybridized carbons (Fsp3) is 0.250. The Kier molecular flexibility index (Phi) is 3.02. The molecule has 0 saturated carbocycles. The molecule has 1 aromatic carbocycles. The molecule has 0 atom stereocenters. The fourth-order valence-electron chi connectivity index (χ4n) is 1.61. The van der Waals surface area contributed by atoms with E-state index in [1.54, 1.807) is 0 Å². The van der Waals surface area contributed by atoms with Gasteiger partial charge in [-0.15, -0.1) is 0 Å². The van der Waals surface area contributed by atoms with Crippen molar-refractivity contribution in [2.45, 2.75) is 19.8 Å². The minimum atomic E-state index is 0.838. The van der Waals surface area contributed by atoms with Crippen molar-refractivity contribution in [2.24, 2.45) is 0 Å². The van der Waals surface area contributed by atoms with Crippen molar-refractivity contribution in [1.82, 2.24) is 9.78 Å². The Morgan fingerprint density at radius 2 is 2.00 bits per heavy atom. The molecule has 15 heavy (non-hydrogen) atoms. The summed E-state index contributed by atoms with van der Waals surface area (Å²) in [5, 5.41) is 3.31. The van der Waals surface area contributed by atoms with Crippen LogP contribution in [0.1, 0.15) is 19.0 Å². The van der Waals surface area contributed by atoms with Crippen molar-refractivity contribution < 1.29 is 0 Å². The molecule has 0 bridgehead atoms. The molecule has 2 rings (SSSR count). The summed E-state index contributed by atoms with van der Waals surface area (Å²) in [5.41, 5.74) is 2.29. The van der Waals surface area contributed by atoms with Gasteiger partial charge in [0.1, 0.15) is 4.64 Å². The third kappa shape index (κ3) is 2.18. The highest BCUT2D eigenvalue weighted by Crippen LogP contribution is 2.09. The second-order valence-corrected chi connectivity index (χ2v) is 3.96. The van der Waals surface area contributed by atoms with Crippen LogP contribution in [0.25, 0.3) is 5.69 Å². The number of benzene rings is 1. The molecule has 3 heteroatoms. The smallest absolute Gasteiger partial charge is 0.127 e. The zero-order valence-electron chi connectivity index (χ0n) is 8.73. The number of H-pyrrole nitrogens is 1. The monoisotopic (exact) mass is 218 g/mol. The number of para-hydroxylation sites is 1. The van der Waals surface area contributed by atoms with Gasteiger partial charge in [0.05, 0.1) is 5.69 Å². The van der Waals surface area contributed by atoms with Crippen LogP contribution in [0.15, 0.2) is 36.4 Å². The topological polar surface area (TPSA) is 20.7 Å². The van der Waals surface area contributed by atoms with Gasteiger partial charge in [0.2, 0.25) is 0 Å². The van der Waals surface area contributed by atoms with Crippen LogP contribution in [0.4, 0.5) is 0 Å². The number of hydrogen-bond donors (Lipinski definition) is 1. The van der Waals surface area contributed by atoms with Crippen molar-refractivity contribution in [3.05, 3.63) is 46.7 Å². The highest BCUT2D eigenvalue weighted by Gasteiger charge is 2.00. The predicted octanol–water partition coefficient (Wildman–Crippen LogP) is 3.49. The first-order chi connectivity index (χ1) is 7.31. The summed E-state index contributed by atoms with van der Waals surface area (Å²) in [6.07, 6.45) is 2.17. The van der Waals surface area contributed by atoms with Crippen LogP contribution < -0.4 is 0 Å². The van der Waals surface area contributed by atoms with Crippen molar-refractivity contribution in [3.63, 3.8) is 0 Å². The van der Waals surface area contributed by atoms with Gasteiger partial charge in [-0.25, -0.2) is 4.68 Å². The summed E-state index contributed by atoms with van der Waals surface area (Å²) in [4.78, 5) is 0. The summed E-state index contributed by atoms with van der Waals surface area (Å²) >= 11 is 5.30. The predicted molar refractivity (Wildman–Crippen MR) is 64.9 cm³/mol. The molecule has 1 N–H and O–H groups in total. The van der Waals surface area contributed by atoms with Gasteiger partial charge in [0.25, 0.3) is 0 Å². The highest BCUT2D eigenvalue weighted by molar-refractivity contribution is 7.71. The number of hydrogen-bond acceptors (Lipinski definition) is 1. The molecule has 2 aromatic rings. The Bertz CT molecular complexity index is 482. The molecule has 2 nitrogen and oxygen atoms in total. The summed E-state index contributed by atoms with van der Waals surface area (Å²) in [7, 11) is 0. The Morgan fingerprint density at radius 3 is 2.67 bits per heavy atom. The lowest BCUT2D eigenvalue weighted by Crippen LogP contribution is -1.96. The lowest BCUT2D eigenvalue weighted by Gasteiger charge is -2.01. The Balaban J connectivity index is 2.41. The quantitative estimate of drug-likeness (QED) is 0.782. The van der Waals surface area contributed by atoms with Gasteiger partial charge in [-0.3, -0.25) is 5.10 Å². The molecule has 0 unspecified atom stereocenters. The standard InChI is InChI=1S/C12H14N2S/c1-2-6-10-9-12(15)14(13-10)11-7-4-3-5-8-11/h3-5,7-9,13H,2,6H2,1H3. The Labute approximate surface area is 94.5 Å². The lowest BCUT2D eigenvalue weighted by atomic mass is 10.3. The highest BCUT2D eigenvalue weighted by atomic mass is 32.1. The molecule has 0 spiro atoms. The van der Waals surface area contributed by atoms with Gasteiger partial charge in [0, 0.05) is 5.69 Å². The molecule has 1 aromatic heterocycles. The lowest BCUT2D eigenvalue weighted by molar-refractivity contribution is 0.802. The minimum Gasteiger partial charge on any atom is -0.297 e. The molecule has 0 saturated heterocycles. The van der Waals surface area contributed by atoms with Crippen LogP contribution in [0.5, 0.6) is 0 Å². The third-order valence-electron chi connectivity index (χ3n) is 2.31. The van der Waals surface area contributed by atoms with Crippen LogP contribution in [-0.2, 0) is 6.42 Å². The van der Waals surface area contributed by atoms with Crippen molar-refractivity contribution in [2.75, 3.05) is 0 Å². The maximum absolute atomic E-state index is 5.30. The van der Waals surface area contributed by atoms with Crippen molar-refractivity contribution in [1.29, 1.82) is 0 Å². The first-order valence-electron chi connectivity index (χ1n) is 5.17. The molecule has 0 amide bonds. The first kappa shape index (κ1) is 10.2.